The number of hydrogen-bond donors (Lipinski definition) is 0. The third kappa shape index (κ3) is 1.08. The summed E-state index contributed by atoms with van der Waals surface area (Å²) in [5.74, 6) is 0.492. The molecule has 3 aromatic rings. The molecule has 0 saturated carbocycles. The maximum absolute atomic E-state index is 12.3. The van der Waals surface area contributed by atoms with Crippen molar-refractivity contribution in [1.82, 2.24) is 9.55 Å². The molecule has 4 heteroatoms. The summed E-state index contributed by atoms with van der Waals surface area (Å²) in [6, 6.07) is 13.4. The van der Waals surface area contributed by atoms with Crippen LogP contribution in [0.2, 0.25) is 0 Å². The van der Waals surface area contributed by atoms with Gasteiger partial charge in [0.2, 0.25) is 5.78 Å². The fraction of sp³-hybridized carbons (Fsp3) is 0. The number of fused-ring (bicyclic) bond motifs is 5. The summed E-state index contributed by atoms with van der Waals surface area (Å²) in [6.07, 6.45) is 0. The van der Waals surface area contributed by atoms with Gasteiger partial charge < -0.3 is 0 Å². The molecule has 4 rings (SSSR count). The molecule has 3 nitrogen and oxygen atoms in total. The van der Waals surface area contributed by atoms with Gasteiger partial charge in [0.1, 0.15) is 0 Å². The van der Waals surface area contributed by atoms with E-state index in [2.05, 4.69) is 20.9 Å². The van der Waals surface area contributed by atoms with E-state index >= 15 is 0 Å². The molecule has 0 fully saturated rings. The van der Waals surface area contributed by atoms with Crippen molar-refractivity contribution < 1.29 is 4.79 Å². The minimum atomic E-state index is -0.00583. The molecule has 0 radical (unpaired) electrons. The van der Waals surface area contributed by atoms with Gasteiger partial charge in [-0.05, 0) is 40.2 Å². The zero-order valence-electron chi connectivity index (χ0n) is 9.22. The second-order valence-corrected chi connectivity index (χ2v) is 5.08. The number of ketones is 1. The second-order valence-electron chi connectivity index (χ2n) is 4.22. The SMILES string of the molecule is O=C1c2ccccc2-n2c1nc1cccc(Br)c12. The van der Waals surface area contributed by atoms with Gasteiger partial charge in [-0.1, -0.05) is 18.2 Å². The molecule has 0 unspecified atom stereocenters. The predicted octanol–water partition coefficient (Wildman–Crippen LogP) is 3.33. The van der Waals surface area contributed by atoms with Gasteiger partial charge in [0.05, 0.1) is 16.7 Å². The zero-order valence-corrected chi connectivity index (χ0v) is 10.8. The Kier molecular flexibility index (Phi) is 1.84. The highest BCUT2D eigenvalue weighted by molar-refractivity contribution is 9.10. The van der Waals surface area contributed by atoms with Gasteiger partial charge >= 0.3 is 0 Å². The normalized spacial score (nSPS) is 12.8. The fourth-order valence-electron chi connectivity index (χ4n) is 2.45. The Morgan fingerprint density at radius 2 is 1.89 bits per heavy atom. The third-order valence-electron chi connectivity index (χ3n) is 3.22. The van der Waals surface area contributed by atoms with Crippen molar-refractivity contribution in [1.29, 1.82) is 0 Å². The molecule has 0 N–H and O–H groups in total. The first-order chi connectivity index (χ1) is 8.77. The van der Waals surface area contributed by atoms with Crippen LogP contribution in [0.1, 0.15) is 16.2 Å². The molecule has 0 aliphatic carbocycles. The van der Waals surface area contributed by atoms with Crippen LogP contribution in [0.4, 0.5) is 0 Å². The molecule has 0 bridgehead atoms. The lowest BCUT2D eigenvalue weighted by molar-refractivity contribution is 0.103. The Hall–Kier alpha value is -1.94. The Morgan fingerprint density at radius 1 is 1.06 bits per heavy atom. The molecule has 2 heterocycles. The van der Waals surface area contributed by atoms with Crippen molar-refractivity contribution in [3.05, 3.63) is 58.3 Å². The van der Waals surface area contributed by atoms with Gasteiger partial charge in [-0.3, -0.25) is 9.36 Å². The molecule has 0 amide bonds. The van der Waals surface area contributed by atoms with Crippen molar-refractivity contribution in [3.63, 3.8) is 0 Å². The van der Waals surface area contributed by atoms with Gasteiger partial charge in [-0.2, -0.15) is 0 Å². The minimum Gasteiger partial charge on any atom is -0.288 e. The van der Waals surface area contributed by atoms with Crippen molar-refractivity contribution in [3.8, 4) is 5.69 Å². The largest absolute Gasteiger partial charge is 0.288 e. The van der Waals surface area contributed by atoms with Crippen LogP contribution in [0.25, 0.3) is 16.7 Å². The summed E-state index contributed by atoms with van der Waals surface area (Å²) in [6.45, 7) is 0. The number of carbonyl (C=O) groups excluding carboxylic acids is 1. The van der Waals surface area contributed by atoms with Crippen LogP contribution < -0.4 is 0 Å². The number of hydrogen-bond acceptors (Lipinski definition) is 2. The standard InChI is InChI=1S/C14H7BrN2O/c15-9-5-3-6-10-12(9)17-11-7-2-1-4-8(11)13(18)14(17)16-10/h1-7H. The molecule has 18 heavy (non-hydrogen) atoms. The lowest BCUT2D eigenvalue weighted by Crippen LogP contribution is -1.97. The number of carbonyl (C=O) groups is 1. The molecule has 2 aromatic carbocycles. The van der Waals surface area contributed by atoms with Crippen molar-refractivity contribution in [2.75, 3.05) is 0 Å². The third-order valence-corrected chi connectivity index (χ3v) is 3.86. The van der Waals surface area contributed by atoms with E-state index in [1.807, 2.05) is 47.0 Å². The molecule has 0 atom stereocenters. The molecule has 0 spiro atoms. The minimum absolute atomic E-state index is 0.00583. The van der Waals surface area contributed by atoms with Crippen LogP contribution in [-0.4, -0.2) is 15.3 Å². The summed E-state index contributed by atoms with van der Waals surface area (Å²) >= 11 is 3.53. The van der Waals surface area contributed by atoms with E-state index in [-0.39, 0.29) is 5.78 Å². The van der Waals surface area contributed by atoms with E-state index in [9.17, 15) is 4.79 Å². The van der Waals surface area contributed by atoms with E-state index in [1.165, 1.54) is 0 Å². The van der Waals surface area contributed by atoms with Crippen LogP contribution in [0.15, 0.2) is 46.9 Å². The maximum Gasteiger partial charge on any atom is 0.230 e. The molecular weight excluding hydrogens is 292 g/mol. The number of halogens is 1. The van der Waals surface area contributed by atoms with Crippen molar-refractivity contribution in [2.24, 2.45) is 0 Å². The number of para-hydroxylation sites is 2. The average molecular weight is 299 g/mol. The maximum atomic E-state index is 12.3. The van der Waals surface area contributed by atoms with Crippen LogP contribution in [-0.2, 0) is 0 Å². The van der Waals surface area contributed by atoms with E-state index in [0.29, 0.717) is 5.82 Å². The quantitative estimate of drug-likeness (QED) is 0.499. The topological polar surface area (TPSA) is 34.9 Å². The molecule has 1 aliphatic rings. The summed E-state index contributed by atoms with van der Waals surface area (Å²) in [4.78, 5) is 16.7. The molecular formula is C14H7BrN2O. The number of aromatic nitrogens is 2. The first-order valence-corrected chi connectivity index (χ1v) is 6.38. The number of imidazole rings is 1. The van der Waals surface area contributed by atoms with E-state index in [1.54, 1.807) is 0 Å². The zero-order chi connectivity index (χ0) is 12.3. The van der Waals surface area contributed by atoms with Crippen LogP contribution >= 0.6 is 15.9 Å². The molecule has 0 saturated heterocycles. The monoisotopic (exact) mass is 298 g/mol. The number of rotatable bonds is 0. The first-order valence-electron chi connectivity index (χ1n) is 5.58. The van der Waals surface area contributed by atoms with Gasteiger partial charge in [0.25, 0.3) is 0 Å². The summed E-state index contributed by atoms with van der Waals surface area (Å²) in [5, 5.41) is 0. The Bertz CT molecular complexity index is 820. The van der Waals surface area contributed by atoms with E-state index in [0.717, 1.165) is 26.8 Å². The van der Waals surface area contributed by atoms with Gasteiger partial charge in [-0.15, -0.1) is 0 Å². The molecule has 1 aliphatic heterocycles. The highest BCUT2D eigenvalue weighted by Gasteiger charge is 2.30. The van der Waals surface area contributed by atoms with Crippen molar-refractivity contribution in [2.45, 2.75) is 0 Å². The van der Waals surface area contributed by atoms with Gasteiger partial charge in [-0.25, -0.2) is 4.98 Å². The second kappa shape index (κ2) is 3.29. The first kappa shape index (κ1) is 10.0. The smallest absolute Gasteiger partial charge is 0.230 e. The summed E-state index contributed by atoms with van der Waals surface area (Å²) in [7, 11) is 0. The fourth-order valence-corrected chi connectivity index (χ4v) is 2.99. The Morgan fingerprint density at radius 3 is 2.78 bits per heavy atom. The van der Waals surface area contributed by atoms with E-state index in [4.69, 9.17) is 0 Å². The van der Waals surface area contributed by atoms with Crippen LogP contribution in [0, 0.1) is 0 Å². The number of benzene rings is 2. The van der Waals surface area contributed by atoms with E-state index < -0.39 is 0 Å². The number of nitrogens with zero attached hydrogens (tertiary/aromatic N) is 2. The van der Waals surface area contributed by atoms with Crippen LogP contribution in [0.5, 0.6) is 0 Å². The summed E-state index contributed by atoms with van der Waals surface area (Å²) in [5.41, 5.74) is 3.41. The Labute approximate surface area is 111 Å². The highest BCUT2D eigenvalue weighted by Crippen LogP contribution is 2.34. The van der Waals surface area contributed by atoms with Gasteiger partial charge in [0, 0.05) is 10.0 Å². The summed E-state index contributed by atoms with van der Waals surface area (Å²) < 4.78 is 2.88. The van der Waals surface area contributed by atoms with Crippen LogP contribution in [0.3, 0.4) is 0 Å². The van der Waals surface area contributed by atoms with Crippen molar-refractivity contribution >= 4 is 32.7 Å². The average Bonchev–Trinajstić information content (AvgIpc) is 2.89. The lowest BCUT2D eigenvalue weighted by atomic mass is 10.1. The van der Waals surface area contributed by atoms with Gasteiger partial charge in [0.15, 0.2) is 5.82 Å². The molecule has 86 valence electrons. The predicted molar refractivity (Wildman–Crippen MR) is 72.2 cm³/mol. The Balaban J connectivity index is 2.23. The molecule has 1 aromatic heterocycles. The highest BCUT2D eigenvalue weighted by atomic mass is 79.9. The lowest BCUT2D eigenvalue weighted by Gasteiger charge is -2.03.